The molecule has 8 rings (SSSR count). The van der Waals surface area contributed by atoms with E-state index in [1.807, 2.05) is 0 Å². The van der Waals surface area contributed by atoms with Crippen molar-refractivity contribution in [2.75, 3.05) is 0 Å². The van der Waals surface area contributed by atoms with E-state index in [-0.39, 0.29) is 15.1 Å². The predicted molar refractivity (Wildman–Crippen MR) is 235 cm³/mol. The molecule has 8 aromatic carbocycles. The van der Waals surface area contributed by atoms with Gasteiger partial charge in [0.15, 0.2) is 0 Å². The number of aryl methyl sites for hydroxylation is 4. The van der Waals surface area contributed by atoms with Gasteiger partial charge in [-0.15, -0.1) is 0 Å². The molecule has 8 aromatic rings. The number of benzene rings is 8. The number of fused-ring (bicyclic) bond motifs is 2. The van der Waals surface area contributed by atoms with Crippen LogP contribution in [0.3, 0.4) is 0 Å². The molecule has 0 spiro atoms. The molecule has 0 saturated heterocycles. The van der Waals surface area contributed by atoms with Crippen LogP contribution in [0.15, 0.2) is 170 Å². The molecule has 264 valence electrons. The topological polar surface area (TPSA) is 0 Å². The van der Waals surface area contributed by atoms with Gasteiger partial charge in [-0.2, -0.15) is 0 Å². The van der Waals surface area contributed by atoms with Crippen molar-refractivity contribution in [1.82, 2.24) is 0 Å². The summed E-state index contributed by atoms with van der Waals surface area (Å²) >= 11 is -0.346. The minimum atomic E-state index is -0.885. The molecule has 0 aliphatic heterocycles. The minimum absolute atomic E-state index is 0.346. The van der Waals surface area contributed by atoms with Gasteiger partial charge in [0.05, 0.1) is 0 Å². The average molecular weight is 851 g/mol. The van der Waals surface area contributed by atoms with Crippen molar-refractivity contribution < 1.29 is 15.1 Å². The van der Waals surface area contributed by atoms with E-state index >= 15 is 0 Å². The van der Waals surface area contributed by atoms with Crippen LogP contribution in [0.25, 0.3) is 32.7 Å². The molecule has 0 saturated carbocycles. The van der Waals surface area contributed by atoms with Gasteiger partial charge in [0.25, 0.3) is 0 Å². The molecule has 0 unspecified atom stereocenters. The molecule has 5 heteroatoms. The maximum atomic E-state index is 4.85. The molecule has 0 atom stereocenters. The van der Waals surface area contributed by atoms with Crippen LogP contribution in [0.2, 0.25) is 0 Å². The molecule has 0 aromatic heterocycles. The monoisotopic (exact) mass is 850 g/mol. The van der Waals surface area contributed by atoms with E-state index in [0.717, 1.165) is 0 Å². The Morgan fingerprint density at radius 3 is 0.887 bits per heavy atom. The van der Waals surface area contributed by atoms with Gasteiger partial charge in [-0.05, 0) is 108 Å². The Balaban J connectivity index is 0.00000140. The molecule has 0 N–H and O–H groups in total. The summed E-state index contributed by atoms with van der Waals surface area (Å²) in [7, 11) is 7.94. The van der Waals surface area contributed by atoms with E-state index in [4.69, 9.17) is 19.4 Å². The SMILES string of the molecule is Cc1ccc(P(c2ccc(C)cc2)c2ccc3ccccc3c2-c2c(P(c3ccc(C)cc3)c3ccc(C)cc3)ccc3ccccc23)cc1.[Cl][Ru][Cl]. The van der Waals surface area contributed by atoms with Gasteiger partial charge >= 0.3 is 34.5 Å². The van der Waals surface area contributed by atoms with Gasteiger partial charge in [-0.25, -0.2) is 0 Å². The van der Waals surface area contributed by atoms with Crippen LogP contribution in [-0.2, 0) is 15.1 Å². The molecule has 0 aliphatic rings. The second-order valence-electron chi connectivity index (χ2n) is 13.4. The van der Waals surface area contributed by atoms with E-state index in [2.05, 4.69) is 198 Å². The average Bonchev–Trinajstić information content (AvgIpc) is 3.18. The standard InChI is InChI=1S/C48H40P2.2ClH.Ru/c1-33-13-23-39(24-14-33)49(40-25-15-34(2)16-26-40)45-31-21-37-9-5-7-11-43(37)47(45)48-44-12-8-6-10-38(44)22-32-46(48)50(41-27-17-35(3)18-28-41)42-29-19-36(4)20-30-42;;;/h5-32H,1-4H3;2*1H;/q;;;+2/p-2. The van der Waals surface area contributed by atoms with Crippen LogP contribution in [0.1, 0.15) is 22.3 Å². The first-order chi connectivity index (χ1) is 25.9. The van der Waals surface area contributed by atoms with Crippen molar-refractivity contribution in [3.8, 4) is 11.1 Å². The third kappa shape index (κ3) is 8.23. The molecule has 0 nitrogen and oxygen atoms in total. The van der Waals surface area contributed by atoms with E-state index < -0.39 is 15.8 Å². The zero-order valence-electron chi connectivity index (χ0n) is 30.2. The quantitative estimate of drug-likeness (QED) is 0.111. The van der Waals surface area contributed by atoms with Crippen LogP contribution < -0.4 is 31.8 Å². The normalized spacial score (nSPS) is 11.3. The second-order valence-corrected chi connectivity index (χ2v) is 20.4. The van der Waals surface area contributed by atoms with Crippen molar-refractivity contribution >= 4 is 88.6 Å². The molecule has 0 fully saturated rings. The second kappa shape index (κ2) is 17.2. The fourth-order valence-corrected chi connectivity index (χ4v) is 11.9. The Morgan fingerprint density at radius 2 is 0.604 bits per heavy atom. The van der Waals surface area contributed by atoms with Crippen molar-refractivity contribution in [3.63, 3.8) is 0 Å². The van der Waals surface area contributed by atoms with Crippen LogP contribution in [0.5, 0.6) is 0 Å². The first kappa shape index (κ1) is 37.7. The maximum absolute atomic E-state index is 4.85. The molecule has 0 amide bonds. The molecule has 53 heavy (non-hydrogen) atoms. The van der Waals surface area contributed by atoms with Gasteiger partial charge in [-0.1, -0.05) is 192 Å². The van der Waals surface area contributed by atoms with E-state index in [0.29, 0.717) is 0 Å². The third-order valence-electron chi connectivity index (χ3n) is 9.71. The Hall–Kier alpha value is -3.66. The zero-order valence-corrected chi connectivity index (χ0v) is 35.2. The van der Waals surface area contributed by atoms with E-state index in [1.165, 1.54) is 86.8 Å². The van der Waals surface area contributed by atoms with Crippen LogP contribution >= 0.6 is 35.2 Å². The first-order valence-electron chi connectivity index (χ1n) is 17.6. The van der Waals surface area contributed by atoms with Crippen LogP contribution in [0.4, 0.5) is 0 Å². The number of halogens is 2. The van der Waals surface area contributed by atoms with Crippen molar-refractivity contribution in [3.05, 3.63) is 192 Å². The van der Waals surface area contributed by atoms with Gasteiger partial charge in [0.2, 0.25) is 0 Å². The fourth-order valence-electron chi connectivity index (χ4n) is 7.05. The summed E-state index contributed by atoms with van der Waals surface area (Å²) in [6, 6.07) is 64.6. The Bertz CT molecular complexity index is 2210. The molecular weight excluding hydrogens is 810 g/mol. The summed E-state index contributed by atoms with van der Waals surface area (Å²) in [5.74, 6) is 0. The van der Waals surface area contributed by atoms with Gasteiger partial charge in [-0.3, -0.25) is 0 Å². The number of rotatable bonds is 7. The zero-order chi connectivity index (χ0) is 36.9. The summed E-state index contributed by atoms with van der Waals surface area (Å²) < 4.78 is 0. The Labute approximate surface area is 332 Å². The van der Waals surface area contributed by atoms with Gasteiger partial charge < -0.3 is 0 Å². The molecule has 0 radical (unpaired) electrons. The predicted octanol–water partition coefficient (Wildman–Crippen LogP) is 11.8. The molecular formula is C48H40Cl2P2Ru. The summed E-state index contributed by atoms with van der Waals surface area (Å²) in [6.45, 7) is 8.72. The van der Waals surface area contributed by atoms with Crippen molar-refractivity contribution in [2.24, 2.45) is 0 Å². The summed E-state index contributed by atoms with van der Waals surface area (Å²) in [5.41, 5.74) is 7.84. The van der Waals surface area contributed by atoms with Crippen LogP contribution in [0, 0.1) is 27.7 Å². The van der Waals surface area contributed by atoms with Gasteiger partial charge in [0, 0.05) is 0 Å². The van der Waals surface area contributed by atoms with E-state index in [1.54, 1.807) is 0 Å². The Kier molecular flexibility index (Phi) is 12.2. The van der Waals surface area contributed by atoms with Crippen molar-refractivity contribution in [1.29, 1.82) is 0 Å². The summed E-state index contributed by atoms with van der Waals surface area (Å²) in [4.78, 5) is 0. The van der Waals surface area contributed by atoms with Crippen LogP contribution in [-0.4, -0.2) is 0 Å². The fraction of sp³-hybridized carbons (Fsp3) is 0.0833. The van der Waals surface area contributed by atoms with E-state index in [9.17, 15) is 0 Å². The third-order valence-corrected chi connectivity index (χ3v) is 14.7. The van der Waals surface area contributed by atoms with Crippen molar-refractivity contribution in [2.45, 2.75) is 27.7 Å². The first-order valence-corrected chi connectivity index (χ1v) is 24.8. The number of hydrogen-bond acceptors (Lipinski definition) is 0. The molecule has 0 heterocycles. The molecule has 0 bridgehead atoms. The summed E-state index contributed by atoms with van der Waals surface area (Å²) in [6.07, 6.45) is 0. The Morgan fingerprint density at radius 1 is 0.340 bits per heavy atom. The van der Waals surface area contributed by atoms with Gasteiger partial charge in [0.1, 0.15) is 0 Å². The molecule has 0 aliphatic carbocycles. The summed E-state index contributed by atoms with van der Waals surface area (Å²) in [5, 5.41) is 13.4. The number of hydrogen-bond donors (Lipinski definition) is 0.